The third-order valence-corrected chi connectivity index (χ3v) is 8.66. The first-order valence-corrected chi connectivity index (χ1v) is 16.7. The summed E-state index contributed by atoms with van der Waals surface area (Å²) in [5.74, 6) is -2.26. The number of aliphatic hydroxyl groups is 1. The molecule has 0 aromatic carbocycles. The third-order valence-electron chi connectivity index (χ3n) is 7.89. The van der Waals surface area contributed by atoms with Crippen molar-refractivity contribution in [1.29, 1.82) is 0 Å². The number of hydrogen-bond donors (Lipinski definition) is 3. The zero-order chi connectivity index (χ0) is 34.8. The van der Waals surface area contributed by atoms with Crippen LogP contribution < -0.4 is 10.6 Å². The predicted octanol–water partition coefficient (Wildman–Crippen LogP) is 4.30. The molecule has 15 heteroatoms. The lowest BCUT2D eigenvalue weighted by Crippen LogP contribution is -2.44. The van der Waals surface area contributed by atoms with Crippen LogP contribution in [0.15, 0.2) is 52.0 Å². The number of halogens is 1. The van der Waals surface area contributed by atoms with Gasteiger partial charge in [-0.05, 0) is 32.8 Å². The maximum atomic E-state index is 14.8. The first kappa shape index (κ1) is 36.5. The summed E-state index contributed by atoms with van der Waals surface area (Å²) in [6.07, 6.45) is 5.25. The normalized spacial score (nSPS) is 26.1. The Labute approximate surface area is 282 Å². The topological polar surface area (TPSA) is 173 Å². The molecule has 0 spiro atoms. The molecule has 3 N–H and O–H groups in total. The lowest BCUT2D eigenvalue weighted by atomic mass is 9.93. The number of esters is 1. The fourth-order valence-corrected chi connectivity index (χ4v) is 6.04. The second kappa shape index (κ2) is 17.2. The molecule has 260 valence electrons. The van der Waals surface area contributed by atoms with Crippen LogP contribution in [0.25, 0.3) is 0 Å². The first-order valence-electron chi connectivity index (χ1n) is 15.8. The number of anilines is 1. The van der Waals surface area contributed by atoms with E-state index >= 15 is 0 Å². The molecule has 4 heterocycles. The molecule has 48 heavy (non-hydrogen) atoms. The van der Waals surface area contributed by atoms with Crippen LogP contribution in [0.5, 0.6) is 0 Å². The highest BCUT2D eigenvalue weighted by atomic mass is 32.1. The minimum Gasteiger partial charge on any atom is -0.460 e. The van der Waals surface area contributed by atoms with Crippen molar-refractivity contribution in [2.75, 3.05) is 25.0 Å². The first-order chi connectivity index (χ1) is 22.9. The number of carbonyl (C=O) groups excluding carboxylic acids is 4. The van der Waals surface area contributed by atoms with E-state index in [1.54, 1.807) is 44.4 Å². The third kappa shape index (κ3) is 10.6. The minimum absolute atomic E-state index is 0.00504. The maximum absolute atomic E-state index is 14.8. The van der Waals surface area contributed by atoms with Crippen LogP contribution in [-0.4, -0.2) is 88.0 Å². The highest BCUT2D eigenvalue weighted by Gasteiger charge is 2.39. The summed E-state index contributed by atoms with van der Waals surface area (Å²) in [4.78, 5) is 61.7. The molecule has 3 amide bonds. The van der Waals surface area contributed by atoms with Gasteiger partial charge >= 0.3 is 12.1 Å². The molecule has 2 aromatic heterocycles. The average Bonchev–Trinajstić information content (AvgIpc) is 3.80. The van der Waals surface area contributed by atoms with Gasteiger partial charge in [0, 0.05) is 36.7 Å². The van der Waals surface area contributed by atoms with Gasteiger partial charge in [0.05, 0.1) is 24.1 Å². The number of allylic oxidation sites excluding steroid dienone is 2. The largest absolute Gasteiger partial charge is 0.460 e. The quantitative estimate of drug-likeness (QED) is 0.394. The molecule has 13 nitrogen and oxygen atoms in total. The Morgan fingerprint density at radius 1 is 1.27 bits per heavy atom. The standard InChI is InChI=1S/C33H42FN5O8S/c1-19-7-5-11-35-28(41)10-9-20(2)30(21(3)16-46-33(44)38-27-18-48-22(4)36-27)47-32(43)26-8-6-12-39(26)31(42)25-17-45-29(37-25)15-23(34)14-24(40)13-19/h5,7,9-10,13,17-18,20-21,23-24,26,30,40H,6,8,11-12,14-16H2,1-4H3,(H,35,41)(H,38,44)/b7-5?,10-9+,19-13?/t20-,21-,23-,24-,26-,30+/m1/s1. The number of ether oxygens (including phenoxy) is 2. The summed E-state index contributed by atoms with van der Waals surface area (Å²) >= 11 is 1.37. The number of thiazole rings is 1. The molecule has 2 aliphatic rings. The van der Waals surface area contributed by atoms with Gasteiger partial charge in [-0.15, -0.1) is 11.3 Å². The van der Waals surface area contributed by atoms with Crippen LogP contribution >= 0.6 is 11.3 Å². The summed E-state index contributed by atoms with van der Waals surface area (Å²) in [5.41, 5.74) is 0.602. The number of nitrogens with zero attached hydrogens (tertiary/aromatic N) is 3. The van der Waals surface area contributed by atoms with Crippen LogP contribution in [0, 0.1) is 18.8 Å². The fourth-order valence-electron chi connectivity index (χ4n) is 5.50. The molecule has 0 unspecified atom stereocenters. The van der Waals surface area contributed by atoms with Crippen LogP contribution in [-0.2, 0) is 25.5 Å². The number of aliphatic hydroxyl groups excluding tert-OH is 1. The lowest BCUT2D eigenvalue weighted by Gasteiger charge is -2.30. The van der Waals surface area contributed by atoms with Gasteiger partial charge in [0.2, 0.25) is 5.91 Å². The Kier molecular flexibility index (Phi) is 13.0. The van der Waals surface area contributed by atoms with Gasteiger partial charge in [-0.25, -0.2) is 23.9 Å². The number of aromatic nitrogens is 2. The second-order valence-electron chi connectivity index (χ2n) is 12.0. The average molecular weight is 688 g/mol. The van der Waals surface area contributed by atoms with E-state index in [0.717, 1.165) is 11.3 Å². The zero-order valence-corrected chi connectivity index (χ0v) is 28.2. The van der Waals surface area contributed by atoms with Gasteiger partial charge in [0.15, 0.2) is 11.6 Å². The van der Waals surface area contributed by atoms with Crippen molar-refractivity contribution in [3.63, 3.8) is 0 Å². The zero-order valence-electron chi connectivity index (χ0n) is 27.4. The monoisotopic (exact) mass is 687 g/mol. The number of rotatable bonds is 4. The molecule has 2 aliphatic heterocycles. The number of fused-ring (bicyclic) bond motifs is 3. The Balaban J connectivity index is 1.54. The summed E-state index contributed by atoms with van der Waals surface area (Å²) in [5, 5.41) is 18.1. The smallest absolute Gasteiger partial charge is 0.412 e. The Morgan fingerprint density at radius 2 is 2.06 bits per heavy atom. The molecule has 1 fully saturated rings. The fraction of sp³-hybridized carbons (Fsp3) is 0.515. The molecule has 1 saturated heterocycles. The molecular formula is C33H42FN5O8S. The van der Waals surface area contributed by atoms with E-state index in [0.29, 0.717) is 24.2 Å². The van der Waals surface area contributed by atoms with Crippen molar-refractivity contribution >= 4 is 41.0 Å². The molecule has 0 aliphatic carbocycles. The molecule has 0 saturated carbocycles. The van der Waals surface area contributed by atoms with Gasteiger partial charge in [-0.2, -0.15) is 0 Å². The molecular weight excluding hydrogens is 645 g/mol. The van der Waals surface area contributed by atoms with Gasteiger partial charge in [0.25, 0.3) is 5.91 Å². The van der Waals surface area contributed by atoms with Gasteiger partial charge in [-0.1, -0.05) is 43.7 Å². The van der Waals surface area contributed by atoms with Gasteiger partial charge in [0.1, 0.15) is 30.4 Å². The number of hydrogen-bond acceptors (Lipinski definition) is 11. The summed E-state index contributed by atoms with van der Waals surface area (Å²) in [7, 11) is 0. The summed E-state index contributed by atoms with van der Waals surface area (Å²) in [6.45, 7) is 7.41. The summed E-state index contributed by atoms with van der Waals surface area (Å²) < 4.78 is 31.6. The van der Waals surface area contributed by atoms with Crippen LogP contribution in [0.2, 0.25) is 0 Å². The van der Waals surface area contributed by atoms with Crippen molar-refractivity contribution in [2.45, 2.75) is 77.8 Å². The maximum Gasteiger partial charge on any atom is 0.412 e. The van der Waals surface area contributed by atoms with Crippen LogP contribution in [0.3, 0.4) is 0 Å². The number of oxazole rings is 1. The van der Waals surface area contributed by atoms with Crippen molar-refractivity contribution in [3.8, 4) is 0 Å². The van der Waals surface area contributed by atoms with Gasteiger partial charge < -0.3 is 29.2 Å². The van der Waals surface area contributed by atoms with E-state index in [9.17, 15) is 28.7 Å². The number of amides is 3. The molecule has 2 bridgehead atoms. The van der Waals surface area contributed by atoms with E-state index in [1.165, 1.54) is 28.4 Å². The van der Waals surface area contributed by atoms with Crippen LogP contribution in [0.4, 0.5) is 15.0 Å². The van der Waals surface area contributed by atoms with Crippen molar-refractivity contribution in [2.24, 2.45) is 11.8 Å². The van der Waals surface area contributed by atoms with E-state index in [1.807, 2.05) is 6.92 Å². The highest BCUT2D eigenvalue weighted by Crippen LogP contribution is 2.26. The summed E-state index contributed by atoms with van der Waals surface area (Å²) in [6, 6.07) is -0.920. The van der Waals surface area contributed by atoms with E-state index < -0.39 is 60.1 Å². The number of aryl methyl sites for hydroxylation is 1. The second-order valence-corrected chi connectivity index (χ2v) is 13.1. The van der Waals surface area contributed by atoms with E-state index in [2.05, 4.69) is 20.6 Å². The molecule has 0 radical (unpaired) electrons. The van der Waals surface area contributed by atoms with Crippen LogP contribution in [0.1, 0.15) is 61.4 Å². The Bertz CT molecular complexity index is 1540. The highest BCUT2D eigenvalue weighted by molar-refractivity contribution is 7.09. The Morgan fingerprint density at radius 3 is 2.81 bits per heavy atom. The lowest BCUT2D eigenvalue weighted by molar-refractivity contribution is -0.159. The number of nitrogens with one attached hydrogen (secondary N) is 2. The minimum atomic E-state index is -1.50. The number of alkyl halides is 1. The van der Waals surface area contributed by atoms with Gasteiger partial charge in [-0.3, -0.25) is 14.9 Å². The van der Waals surface area contributed by atoms with Crippen molar-refractivity contribution < 1.29 is 42.6 Å². The Hall–Kier alpha value is -4.37. The number of cyclic esters (lactones) is 1. The SMILES string of the molecule is CC1=C[C@@H](O)C[C@@H](F)Cc2nc(co2)C(=O)N2CCC[C@@H]2C(=O)O[C@H]([C@H](C)COC(=O)Nc2csc(C)n2)[C@H](C)/C=C/C(=O)NCC=C1. The van der Waals surface area contributed by atoms with E-state index in [4.69, 9.17) is 13.9 Å². The molecule has 4 rings (SSSR count). The van der Waals surface area contributed by atoms with Crippen molar-refractivity contribution in [3.05, 3.63) is 64.2 Å². The number of carbonyl (C=O) groups is 4. The molecule has 2 aromatic rings. The molecule has 6 atom stereocenters. The van der Waals surface area contributed by atoms with E-state index in [-0.39, 0.29) is 44.1 Å². The predicted molar refractivity (Wildman–Crippen MR) is 175 cm³/mol. The van der Waals surface area contributed by atoms with Crippen molar-refractivity contribution in [1.82, 2.24) is 20.2 Å².